The summed E-state index contributed by atoms with van der Waals surface area (Å²) in [4.78, 5) is 34.1. The van der Waals surface area contributed by atoms with E-state index in [0.717, 1.165) is 11.3 Å². The Morgan fingerprint density at radius 1 is 1.35 bits per heavy atom. The van der Waals surface area contributed by atoms with Crippen LogP contribution < -0.4 is 5.32 Å². The molecule has 7 nitrogen and oxygen atoms in total. The molecule has 1 N–H and O–H groups in total. The topological polar surface area (TPSA) is 98.5 Å². The molecule has 0 atom stereocenters. The van der Waals surface area contributed by atoms with Crippen molar-refractivity contribution in [3.05, 3.63) is 55.2 Å². The zero-order valence-corrected chi connectivity index (χ0v) is 13.4. The maximum absolute atomic E-state index is 11.8. The van der Waals surface area contributed by atoms with E-state index in [-0.39, 0.29) is 16.3 Å². The van der Waals surface area contributed by atoms with Crippen molar-refractivity contribution in [3.8, 4) is 0 Å². The van der Waals surface area contributed by atoms with Crippen LogP contribution in [-0.4, -0.2) is 23.4 Å². The number of hydrogen-bond acceptors (Lipinski definition) is 6. The second-order valence-electron chi connectivity index (χ2n) is 4.51. The Bertz CT molecular complexity index is 774. The van der Waals surface area contributed by atoms with E-state index in [4.69, 9.17) is 16.3 Å². The average Bonchev–Trinajstić information content (AvgIpc) is 2.93. The number of halogens is 1. The summed E-state index contributed by atoms with van der Waals surface area (Å²) in [5, 5.41) is 13.3. The number of ether oxygens (including phenoxy) is 1. The molecule has 0 aliphatic rings. The van der Waals surface area contributed by atoms with Crippen molar-refractivity contribution in [2.75, 3.05) is 11.9 Å². The van der Waals surface area contributed by atoms with Crippen LogP contribution in [0.25, 0.3) is 0 Å². The van der Waals surface area contributed by atoms with Gasteiger partial charge in [0.05, 0.1) is 9.26 Å². The summed E-state index contributed by atoms with van der Waals surface area (Å²) in [6.07, 6.45) is 0. The van der Waals surface area contributed by atoms with E-state index < -0.39 is 23.4 Å². The van der Waals surface area contributed by atoms with Gasteiger partial charge in [-0.1, -0.05) is 17.7 Å². The molecule has 2 rings (SSSR count). The molecule has 2 aromatic rings. The number of anilines is 1. The van der Waals surface area contributed by atoms with E-state index in [1.165, 1.54) is 18.2 Å². The van der Waals surface area contributed by atoms with Gasteiger partial charge in [0.25, 0.3) is 11.6 Å². The molecule has 0 aliphatic heterocycles. The van der Waals surface area contributed by atoms with E-state index in [1.807, 2.05) is 0 Å². The third-order valence-electron chi connectivity index (χ3n) is 2.73. The molecule has 23 heavy (non-hydrogen) atoms. The lowest BCUT2D eigenvalue weighted by molar-refractivity contribution is -0.384. The first-order chi connectivity index (χ1) is 10.9. The highest BCUT2D eigenvalue weighted by Crippen LogP contribution is 2.25. The summed E-state index contributed by atoms with van der Waals surface area (Å²) in [7, 11) is 0. The Hall–Kier alpha value is -2.45. The van der Waals surface area contributed by atoms with Crippen molar-refractivity contribution in [1.29, 1.82) is 0 Å². The summed E-state index contributed by atoms with van der Waals surface area (Å²) in [6.45, 7) is 1.14. The first-order valence-corrected chi connectivity index (χ1v) is 7.53. The standard InChI is InChI=1S/C14H11ClN2O5S/c1-8-2-3-9(10(6-8)17(20)21)16-13(18)7-22-14(19)11-4-5-12(15)23-11/h2-6H,7H2,1H3,(H,16,18). The van der Waals surface area contributed by atoms with Crippen LogP contribution in [0, 0.1) is 17.0 Å². The molecular weight excluding hydrogens is 344 g/mol. The molecule has 120 valence electrons. The number of benzene rings is 1. The molecule has 9 heteroatoms. The van der Waals surface area contributed by atoms with Crippen LogP contribution in [0.5, 0.6) is 0 Å². The van der Waals surface area contributed by atoms with Gasteiger partial charge in [0.15, 0.2) is 6.61 Å². The monoisotopic (exact) mass is 354 g/mol. The molecule has 1 amide bonds. The summed E-state index contributed by atoms with van der Waals surface area (Å²) >= 11 is 6.73. The number of nitrogens with one attached hydrogen (secondary N) is 1. The Balaban J connectivity index is 1.97. The van der Waals surface area contributed by atoms with E-state index in [2.05, 4.69) is 5.32 Å². The number of nitrogens with zero attached hydrogens (tertiary/aromatic N) is 1. The normalized spacial score (nSPS) is 10.2. The number of amides is 1. The van der Waals surface area contributed by atoms with Crippen LogP contribution >= 0.6 is 22.9 Å². The van der Waals surface area contributed by atoms with Crippen molar-refractivity contribution < 1.29 is 19.2 Å². The van der Waals surface area contributed by atoms with Gasteiger partial charge in [-0.05, 0) is 30.7 Å². The molecule has 1 aromatic carbocycles. The molecule has 0 aliphatic carbocycles. The SMILES string of the molecule is Cc1ccc(NC(=O)COC(=O)c2ccc(Cl)s2)c([N+](=O)[O-])c1. The van der Waals surface area contributed by atoms with Gasteiger partial charge in [-0.3, -0.25) is 14.9 Å². The summed E-state index contributed by atoms with van der Waals surface area (Å²) < 4.78 is 5.26. The predicted molar refractivity (Wildman–Crippen MR) is 86.1 cm³/mol. The molecule has 0 saturated heterocycles. The quantitative estimate of drug-likeness (QED) is 0.504. The van der Waals surface area contributed by atoms with Gasteiger partial charge >= 0.3 is 5.97 Å². The average molecular weight is 355 g/mol. The van der Waals surface area contributed by atoms with Crippen LogP contribution in [0.15, 0.2) is 30.3 Å². The van der Waals surface area contributed by atoms with Gasteiger partial charge in [-0.25, -0.2) is 4.79 Å². The van der Waals surface area contributed by atoms with E-state index in [0.29, 0.717) is 9.90 Å². The van der Waals surface area contributed by atoms with E-state index >= 15 is 0 Å². The Morgan fingerprint density at radius 3 is 2.70 bits per heavy atom. The molecule has 0 unspecified atom stereocenters. The fraction of sp³-hybridized carbons (Fsp3) is 0.143. The third kappa shape index (κ3) is 4.51. The van der Waals surface area contributed by atoms with E-state index in [1.54, 1.807) is 19.1 Å². The summed E-state index contributed by atoms with van der Waals surface area (Å²) in [5.74, 6) is -1.36. The van der Waals surface area contributed by atoms with Crippen LogP contribution in [-0.2, 0) is 9.53 Å². The van der Waals surface area contributed by atoms with Crippen LogP contribution in [0.1, 0.15) is 15.2 Å². The lowest BCUT2D eigenvalue weighted by atomic mass is 10.2. The minimum absolute atomic E-state index is 0.0424. The number of hydrogen-bond donors (Lipinski definition) is 1. The molecule has 0 radical (unpaired) electrons. The lowest BCUT2D eigenvalue weighted by Crippen LogP contribution is -2.21. The number of nitro groups is 1. The molecular formula is C14H11ClN2O5S. The molecule has 1 aromatic heterocycles. The largest absolute Gasteiger partial charge is 0.451 e. The zero-order valence-electron chi connectivity index (χ0n) is 11.9. The first kappa shape index (κ1) is 16.9. The Kier molecular flexibility index (Phi) is 5.30. The van der Waals surface area contributed by atoms with Crippen molar-refractivity contribution in [2.24, 2.45) is 0 Å². The molecule has 1 heterocycles. The zero-order chi connectivity index (χ0) is 17.0. The van der Waals surface area contributed by atoms with Gasteiger partial charge in [0.1, 0.15) is 10.6 Å². The summed E-state index contributed by atoms with van der Waals surface area (Å²) in [5.41, 5.74) is 0.506. The fourth-order valence-electron chi connectivity index (χ4n) is 1.71. The minimum Gasteiger partial charge on any atom is -0.451 e. The second kappa shape index (κ2) is 7.21. The first-order valence-electron chi connectivity index (χ1n) is 6.34. The van der Waals surface area contributed by atoms with Gasteiger partial charge in [-0.15, -0.1) is 11.3 Å². The maximum Gasteiger partial charge on any atom is 0.348 e. The predicted octanol–water partition coefficient (Wildman–Crippen LogP) is 3.41. The highest BCUT2D eigenvalue weighted by Gasteiger charge is 2.17. The number of esters is 1. The second-order valence-corrected chi connectivity index (χ2v) is 6.22. The Morgan fingerprint density at radius 2 is 2.09 bits per heavy atom. The smallest absolute Gasteiger partial charge is 0.348 e. The number of carbonyl (C=O) groups excluding carboxylic acids is 2. The lowest BCUT2D eigenvalue weighted by Gasteiger charge is -2.07. The maximum atomic E-state index is 11.8. The van der Waals surface area contributed by atoms with Gasteiger partial charge < -0.3 is 10.1 Å². The van der Waals surface area contributed by atoms with Gasteiger partial charge in [0, 0.05) is 6.07 Å². The minimum atomic E-state index is -0.685. The van der Waals surface area contributed by atoms with Crippen molar-refractivity contribution in [3.63, 3.8) is 0 Å². The van der Waals surface area contributed by atoms with Gasteiger partial charge in [0.2, 0.25) is 0 Å². The van der Waals surface area contributed by atoms with E-state index in [9.17, 15) is 19.7 Å². The van der Waals surface area contributed by atoms with Crippen LogP contribution in [0.4, 0.5) is 11.4 Å². The van der Waals surface area contributed by atoms with Crippen molar-refractivity contribution in [1.82, 2.24) is 0 Å². The molecule has 0 bridgehead atoms. The number of thiophene rings is 1. The van der Waals surface area contributed by atoms with Gasteiger partial charge in [-0.2, -0.15) is 0 Å². The van der Waals surface area contributed by atoms with Crippen molar-refractivity contribution in [2.45, 2.75) is 6.92 Å². The number of carbonyl (C=O) groups is 2. The fourth-order valence-corrected chi connectivity index (χ4v) is 2.65. The number of aryl methyl sites for hydroxylation is 1. The summed E-state index contributed by atoms with van der Waals surface area (Å²) in [6, 6.07) is 7.42. The number of rotatable bonds is 5. The highest BCUT2D eigenvalue weighted by atomic mass is 35.5. The number of nitro benzene ring substituents is 1. The van der Waals surface area contributed by atoms with Crippen LogP contribution in [0.2, 0.25) is 4.34 Å². The third-order valence-corrected chi connectivity index (χ3v) is 3.94. The molecule has 0 spiro atoms. The molecule has 0 saturated carbocycles. The highest BCUT2D eigenvalue weighted by molar-refractivity contribution is 7.17. The Labute approximate surface area is 140 Å². The van der Waals surface area contributed by atoms with Crippen LogP contribution in [0.3, 0.4) is 0 Å². The van der Waals surface area contributed by atoms with Crippen molar-refractivity contribution >= 4 is 46.2 Å². The molecule has 0 fully saturated rings.